The van der Waals surface area contributed by atoms with Crippen LogP contribution < -0.4 is 4.74 Å². The summed E-state index contributed by atoms with van der Waals surface area (Å²) < 4.78 is 5.65. The van der Waals surface area contributed by atoms with Gasteiger partial charge in [-0.25, -0.2) is 4.98 Å². The average molecular weight is 291 g/mol. The van der Waals surface area contributed by atoms with Crippen LogP contribution in [0.2, 0.25) is 5.15 Å². The largest absolute Gasteiger partial charge is 0.490 e. The quantitative estimate of drug-likeness (QED) is 0.487. The maximum Gasteiger partial charge on any atom is 0.274 e. The lowest BCUT2D eigenvalue weighted by Gasteiger charge is -2.06. The van der Waals surface area contributed by atoms with Gasteiger partial charge in [-0.05, 0) is 37.1 Å². The molecule has 0 unspecified atom stereocenters. The molecule has 3 rings (SSSR count). The Morgan fingerprint density at radius 2 is 1.95 bits per heavy atom. The predicted molar refractivity (Wildman–Crippen MR) is 75.0 cm³/mol. The molecular formula is C14H11ClN2O3. The molecule has 1 aliphatic rings. The van der Waals surface area contributed by atoms with Gasteiger partial charge < -0.3 is 4.74 Å². The third-order valence-electron chi connectivity index (χ3n) is 2.97. The molecule has 0 spiro atoms. The number of aromatic nitrogens is 1. The summed E-state index contributed by atoms with van der Waals surface area (Å²) in [4.78, 5) is 14.4. The number of hydrogen-bond acceptors (Lipinski definition) is 4. The molecule has 0 bridgehead atoms. The van der Waals surface area contributed by atoms with E-state index in [-0.39, 0.29) is 10.8 Å². The number of nitrogens with zero attached hydrogens (tertiary/aromatic N) is 2. The van der Waals surface area contributed by atoms with Crippen molar-refractivity contribution < 1.29 is 9.66 Å². The van der Waals surface area contributed by atoms with Crippen molar-refractivity contribution in [3.05, 3.63) is 51.7 Å². The van der Waals surface area contributed by atoms with E-state index in [1.165, 1.54) is 12.1 Å². The first-order valence-corrected chi connectivity index (χ1v) is 6.59. The topological polar surface area (TPSA) is 65.3 Å². The Kier molecular flexibility index (Phi) is 3.28. The van der Waals surface area contributed by atoms with Crippen LogP contribution in [0.5, 0.6) is 5.75 Å². The van der Waals surface area contributed by atoms with E-state index in [0.29, 0.717) is 11.8 Å². The second-order valence-corrected chi connectivity index (χ2v) is 5.02. The number of pyridine rings is 1. The minimum absolute atomic E-state index is 0.0710. The van der Waals surface area contributed by atoms with Crippen LogP contribution in [0.15, 0.2) is 36.4 Å². The Labute approximate surface area is 120 Å². The minimum Gasteiger partial charge on any atom is -0.490 e. The highest BCUT2D eigenvalue weighted by Gasteiger charge is 2.23. The molecule has 0 atom stereocenters. The molecule has 20 heavy (non-hydrogen) atoms. The molecule has 1 heterocycles. The fourth-order valence-corrected chi connectivity index (χ4v) is 2.02. The normalized spacial score (nSPS) is 14.1. The fraction of sp³-hybridized carbons (Fsp3) is 0.214. The number of hydrogen-bond donors (Lipinski definition) is 0. The summed E-state index contributed by atoms with van der Waals surface area (Å²) in [6, 6.07) is 9.95. The lowest BCUT2D eigenvalue weighted by Crippen LogP contribution is -1.95. The smallest absolute Gasteiger partial charge is 0.274 e. The number of ether oxygens (including phenoxy) is 1. The minimum atomic E-state index is -0.484. The van der Waals surface area contributed by atoms with Crippen molar-refractivity contribution in [2.45, 2.75) is 18.9 Å². The molecular weight excluding hydrogens is 280 g/mol. The van der Waals surface area contributed by atoms with Crippen LogP contribution in [0.1, 0.15) is 12.8 Å². The molecule has 0 amide bonds. The van der Waals surface area contributed by atoms with Gasteiger partial charge in [0.15, 0.2) is 0 Å². The van der Waals surface area contributed by atoms with Crippen LogP contribution in [0.3, 0.4) is 0 Å². The van der Waals surface area contributed by atoms with Crippen molar-refractivity contribution in [3.8, 4) is 17.0 Å². The molecule has 2 aromatic rings. The number of nitro groups is 1. The SMILES string of the molecule is O=[N+]([O-])c1cc(Cl)nc(-c2ccc(OC3CC3)cc2)c1. The first kappa shape index (κ1) is 12.9. The summed E-state index contributed by atoms with van der Waals surface area (Å²) in [6.07, 6.45) is 2.54. The summed E-state index contributed by atoms with van der Waals surface area (Å²) in [5.41, 5.74) is 1.17. The highest BCUT2D eigenvalue weighted by molar-refractivity contribution is 6.29. The van der Waals surface area contributed by atoms with Gasteiger partial charge in [-0.1, -0.05) is 11.6 Å². The lowest BCUT2D eigenvalue weighted by molar-refractivity contribution is -0.384. The van der Waals surface area contributed by atoms with Crippen molar-refractivity contribution in [2.24, 2.45) is 0 Å². The van der Waals surface area contributed by atoms with Crippen LogP contribution in [0.4, 0.5) is 5.69 Å². The van der Waals surface area contributed by atoms with Crippen LogP contribution in [-0.2, 0) is 0 Å². The van der Waals surface area contributed by atoms with E-state index in [9.17, 15) is 10.1 Å². The Bertz CT molecular complexity index is 654. The van der Waals surface area contributed by atoms with Gasteiger partial charge in [-0.2, -0.15) is 0 Å². The van der Waals surface area contributed by atoms with E-state index in [1.54, 1.807) is 0 Å². The molecule has 0 N–H and O–H groups in total. The molecule has 0 aliphatic heterocycles. The molecule has 0 radical (unpaired) electrons. The fourth-order valence-electron chi connectivity index (χ4n) is 1.82. The second-order valence-electron chi connectivity index (χ2n) is 4.63. The number of benzene rings is 1. The monoisotopic (exact) mass is 290 g/mol. The van der Waals surface area contributed by atoms with Gasteiger partial charge in [0.05, 0.1) is 22.8 Å². The van der Waals surface area contributed by atoms with Crippen LogP contribution in [0.25, 0.3) is 11.3 Å². The second kappa shape index (κ2) is 5.09. The van der Waals surface area contributed by atoms with Gasteiger partial charge in [0.25, 0.3) is 5.69 Å². The molecule has 1 aromatic heterocycles. The predicted octanol–water partition coefficient (Wildman–Crippen LogP) is 3.85. The van der Waals surface area contributed by atoms with E-state index in [4.69, 9.17) is 16.3 Å². The molecule has 6 heteroatoms. The standard InChI is InChI=1S/C14H11ClN2O3/c15-14-8-10(17(18)19)7-13(16-14)9-1-3-11(4-2-9)20-12-5-6-12/h1-4,7-8,12H,5-6H2. The molecule has 1 aromatic carbocycles. The van der Waals surface area contributed by atoms with E-state index in [2.05, 4.69) is 4.98 Å². The van der Waals surface area contributed by atoms with Crippen molar-refractivity contribution in [3.63, 3.8) is 0 Å². The lowest BCUT2D eigenvalue weighted by atomic mass is 10.1. The summed E-state index contributed by atoms with van der Waals surface area (Å²) in [6.45, 7) is 0. The van der Waals surface area contributed by atoms with E-state index >= 15 is 0 Å². The first-order valence-electron chi connectivity index (χ1n) is 6.21. The molecule has 5 nitrogen and oxygen atoms in total. The maximum absolute atomic E-state index is 10.8. The summed E-state index contributed by atoms with van der Waals surface area (Å²) in [5, 5.41) is 10.9. The van der Waals surface area contributed by atoms with Gasteiger partial charge in [-0.3, -0.25) is 10.1 Å². The highest BCUT2D eigenvalue weighted by Crippen LogP contribution is 2.29. The Hall–Kier alpha value is -2.14. The maximum atomic E-state index is 10.8. The van der Waals surface area contributed by atoms with Crippen molar-refractivity contribution >= 4 is 17.3 Å². The molecule has 1 fully saturated rings. The number of rotatable bonds is 4. The van der Waals surface area contributed by atoms with E-state index in [0.717, 1.165) is 24.2 Å². The zero-order chi connectivity index (χ0) is 14.1. The molecule has 1 saturated carbocycles. The van der Waals surface area contributed by atoms with Crippen LogP contribution in [-0.4, -0.2) is 16.0 Å². The Morgan fingerprint density at radius 1 is 1.25 bits per heavy atom. The van der Waals surface area contributed by atoms with E-state index < -0.39 is 4.92 Å². The summed E-state index contributed by atoms with van der Waals surface area (Å²) >= 11 is 5.81. The molecule has 102 valence electrons. The number of halogens is 1. The van der Waals surface area contributed by atoms with Gasteiger partial charge in [0.1, 0.15) is 10.9 Å². The van der Waals surface area contributed by atoms with Gasteiger partial charge in [0, 0.05) is 11.6 Å². The van der Waals surface area contributed by atoms with Crippen molar-refractivity contribution in [1.82, 2.24) is 4.98 Å². The van der Waals surface area contributed by atoms with Crippen molar-refractivity contribution in [2.75, 3.05) is 0 Å². The van der Waals surface area contributed by atoms with Crippen LogP contribution in [0, 0.1) is 10.1 Å². The first-order chi connectivity index (χ1) is 9.61. The summed E-state index contributed by atoms with van der Waals surface area (Å²) in [7, 11) is 0. The van der Waals surface area contributed by atoms with Gasteiger partial charge in [-0.15, -0.1) is 0 Å². The zero-order valence-corrected chi connectivity index (χ0v) is 11.2. The molecule has 1 aliphatic carbocycles. The van der Waals surface area contributed by atoms with E-state index in [1.807, 2.05) is 24.3 Å². The Balaban J connectivity index is 1.89. The van der Waals surface area contributed by atoms with Crippen molar-refractivity contribution in [1.29, 1.82) is 0 Å². The zero-order valence-electron chi connectivity index (χ0n) is 10.5. The van der Waals surface area contributed by atoms with Gasteiger partial charge in [0.2, 0.25) is 0 Å². The van der Waals surface area contributed by atoms with Crippen LogP contribution >= 0.6 is 11.6 Å². The Morgan fingerprint density at radius 3 is 2.55 bits per heavy atom. The average Bonchev–Trinajstić information content (AvgIpc) is 3.23. The molecule has 0 saturated heterocycles. The highest BCUT2D eigenvalue weighted by atomic mass is 35.5. The third kappa shape index (κ3) is 2.88. The summed E-state index contributed by atoms with van der Waals surface area (Å²) in [5.74, 6) is 0.799. The van der Waals surface area contributed by atoms with Gasteiger partial charge >= 0.3 is 0 Å². The third-order valence-corrected chi connectivity index (χ3v) is 3.16.